The van der Waals surface area contributed by atoms with Gasteiger partial charge in [-0.25, -0.2) is 0 Å². The minimum absolute atomic E-state index is 0.123. The molecule has 1 heteroatoms. The van der Waals surface area contributed by atoms with Gasteiger partial charge in [0.1, 0.15) is 5.75 Å². The van der Waals surface area contributed by atoms with Crippen molar-refractivity contribution in [3.63, 3.8) is 0 Å². The summed E-state index contributed by atoms with van der Waals surface area (Å²) in [6.45, 7) is 6.62. The van der Waals surface area contributed by atoms with Gasteiger partial charge in [0.05, 0.1) is 0 Å². The molecular formula is C32H24O. The molecule has 1 nitrogen and oxygen atoms in total. The molecule has 0 saturated heterocycles. The summed E-state index contributed by atoms with van der Waals surface area (Å²) in [4.78, 5) is 0. The normalized spacial score (nSPS) is 12.6. The van der Waals surface area contributed by atoms with Crippen LogP contribution < -0.4 is 0 Å². The maximum Gasteiger partial charge on any atom is 0.115 e. The highest BCUT2D eigenvalue weighted by atomic mass is 16.3. The minimum Gasteiger partial charge on any atom is -0.508 e. The molecule has 0 aliphatic heterocycles. The van der Waals surface area contributed by atoms with E-state index >= 15 is 0 Å². The number of phenols is 1. The van der Waals surface area contributed by atoms with E-state index in [0.717, 1.165) is 22.3 Å². The number of hydrogen-bond acceptors (Lipinski definition) is 1. The molecule has 0 unspecified atom stereocenters. The molecule has 4 aromatic rings. The van der Waals surface area contributed by atoms with Gasteiger partial charge in [0.15, 0.2) is 0 Å². The fraction of sp³-hybridized carbons (Fsp3) is 0.125. The van der Waals surface area contributed by atoms with Crippen LogP contribution in [0.3, 0.4) is 0 Å². The Morgan fingerprint density at radius 2 is 0.939 bits per heavy atom. The van der Waals surface area contributed by atoms with Crippen molar-refractivity contribution < 1.29 is 5.11 Å². The highest BCUT2D eigenvalue weighted by Gasteiger charge is 2.35. The van der Waals surface area contributed by atoms with Gasteiger partial charge in [-0.05, 0) is 89.8 Å². The van der Waals surface area contributed by atoms with Gasteiger partial charge in [-0.3, -0.25) is 0 Å². The van der Waals surface area contributed by atoms with Crippen LogP contribution in [0.5, 0.6) is 5.75 Å². The Morgan fingerprint density at radius 3 is 1.42 bits per heavy atom. The van der Waals surface area contributed by atoms with Crippen LogP contribution in [0.25, 0.3) is 11.1 Å². The predicted molar refractivity (Wildman–Crippen MR) is 135 cm³/mol. The Labute approximate surface area is 195 Å². The van der Waals surface area contributed by atoms with E-state index in [-0.39, 0.29) is 11.2 Å². The second-order valence-electron chi connectivity index (χ2n) is 9.06. The smallest absolute Gasteiger partial charge is 0.115 e. The molecule has 33 heavy (non-hydrogen) atoms. The summed E-state index contributed by atoms with van der Waals surface area (Å²) in [5, 5.41) is 9.46. The Morgan fingerprint density at radius 1 is 0.545 bits per heavy atom. The summed E-state index contributed by atoms with van der Waals surface area (Å²) >= 11 is 0. The van der Waals surface area contributed by atoms with Crippen LogP contribution in [0.1, 0.15) is 52.8 Å². The molecule has 0 fully saturated rings. The van der Waals surface area contributed by atoms with Gasteiger partial charge in [0.25, 0.3) is 0 Å². The number of aryl methyl sites for hydroxylation is 1. The van der Waals surface area contributed by atoms with Crippen molar-refractivity contribution in [1.82, 2.24) is 0 Å². The van der Waals surface area contributed by atoms with E-state index in [1.54, 1.807) is 12.1 Å². The molecule has 1 N–H and O–H groups in total. The molecular weight excluding hydrogens is 400 g/mol. The summed E-state index contributed by atoms with van der Waals surface area (Å²) in [7, 11) is 0. The average molecular weight is 425 g/mol. The van der Waals surface area contributed by atoms with Crippen molar-refractivity contribution in [2.24, 2.45) is 0 Å². The first kappa shape index (κ1) is 20.7. The highest BCUT2D eigenvalue weighted by molar-refractivity contribution is 5.82. The van der Waals surface area contributed by atoms with Crippen LogP contribution in [-0.2, 0) is 5.41 Å². The zero-order valence-electron chi connectivity index (χ0n) is 19.0. The second-order valence-corrected chi connectivity index (χ2v) is 9.06. The van der Waals surface area contributed by atoms with Crippen molar-refractivity contribution in [1.29, 1.82) is 0 Å². The van der Waals surface area contributed by atoms with Gasteiger partial charge in [0, 0.05) is 27.7 Å². The Bertz CT molecular complexity index is 1360. The number of fused-ring (bicyclic) bond motifs is 3. The van der Waals surface area contributed by atoms with Crippen molar-refractivity contribution in [3.8, 4) is 40.6 Å². The van der Waals surface area contributed by atoms with Crippen LogP contribution >= 0.6 is 0 Å². The summed E-state index contributed by atoms with van der Waals surface area (Å²) in [5.41, 5.74) is 10.2. The van der Waals surface area contributed by atoms with E-state index in [1.807, 2.05) is 12.1 Å². The van der Waals surface area contributed by atoms with Gasteiger partial charge in [-0.1, -0.05) is 67.4 Å². The predicted octanol–water partition coefficient (Wildman–Crippen LogP) is 6.81. The standard InChI is InChI=1S/C32H24O/c1-22-4-6-23(7-5-22)8-10-25-14-18-28-29-19-15-26(11-9-24-12-16-27(33)17-13-24)21-31(29)32(2,3)30(28)20-25/h4-7,12-21,33H,1-3H3. The molecule has 0 heterocycles. The van der Waals surface area contributed by atoms with Crippen molar-refractivity contribution in [3.05, 3.63) is 124 Å². The van der Waals surface area contributed by atoms with Gasteiger partial charge >= 0.3 is 0 Å². The molecule has 0 saturated carbocycles. The van der Waals surface area contributed by atoms with Crippen LogP contribution in [0.2, 0.25) is 0 Å². The lowest BCUT2D eigenvalue weighted by atomic mass is 9.81. The molecule has 0 amide bonds. The maximum atomic E-state index is 9.46. The molecule has 1 aliphatic rings. The molecule has 4 aromatic carbocycles. The van der Waals surface area contributed by atoms with Crippen molar-refractivity contribution >= 4 is 0 Å². The first-order chi connectivity index (χ1) is 15.9. The van der Waals surface area contributed by atoms with Crippen molar-refractivity contribution in [2.75, 3.05) is 0 Å². The van der Waals surface area contributed by atoms with Crippen LogP contribution in [0, 0.1) is 30.6 Å². The Kier molecular flexibility index (Phi) is 5.05. The van der Waals surface area contributed by atoms with E-state index in [0.29, 0.717) is 0 Å². The zero-order chi connectivity index (χ0) is 23.0. The van der Waals surface area contributed by atoms with Crippen LogP contribution in [0.15, 0.2) is 84.9 Å². The lowest BCUT2D eigenvalue weighted by molar-refractivity contribution is 0.475. The van der Waals surface area contributed by atoms with E-state index in [4.69, 9.17) is 0 Å². The third kappa shape index (κ3) is 4.03. The Hall–Kier alpha value is -4.20. The lowest BCUT2D eigenvalue weighted by Crippen LogP contribution is -2.15. The van der Waals surface area contributed by atoms with E-state index in [2.05, 4.69) is 105 Å². The fourth-order valence-corrected chi connectivity index (χ4v) is 4.36. The minimum atomic E-state index is -0.123. The number of aromatic hydroxyl groups is 1. The number of phenolic OH excluding ortho intramolecular Hbond substituents is 1. The molecule has 5 rings (SSSR count). The molecule has 0 radical (unpaired) electrons. The van der Waals surface area contributed by atoms with Gasteiger partial charge in [-0.15, -0.1) is 0 Å². The maximum absolute atomic E-state index is 9.46. The summed E-state index contributed by atoms with van der Waals surface area (Å²) in [6.07, 6.45) is 0. The topological polar surface area (TPSA) is 20.2 Å². The highest BCUT2D eigenvalue weighted by Crippen LogP contribution is 2.49. The van der Waals surface area contributed by atoms with E-state index in [9.17, 15) is 5.11 Å². The number of rotatable bonds is 0. The van der Waals surface area contributed by atoms with Gasteiger partial charge < -0.3 is 5.11 Å². The molecule has 0 bridgehead atoms. The average Bonchev–Trinajstić information content (AvgIpc) is 3.04. The molecule has 0 atom stereocenters. The first-order valence-electron chi connectivity index (χ1n) is 11.1. The first-order valence-corrected chi connectivity index (χ1v) is 11.1. The Balaban J connectivity index is 1.47. The second kappa shape index (κ2) is 8.05. The molecule has 158 valence electrons. The third-order valence-corrected chi connectivity index (χ3v) is 6.30. The van der Waals surface area contributed by atoms with Crippen LogP contribution in [0.4, 0.5) is 0 Å². The van der Waals surface area contributed by atoms with Gasteiger partial charge in [0.2, 0.25) is 0 Å². The molecule has 0 spiro atoms. The van der Waals surface area contributed by atoms with Crippen molar-refractivity contribution in [2.45, 2.75) is 26.2 Å². The molecule has 1 aliphatic carbocycles. The van der Waals surface area contributed by atoms with Crippen LogP contribution in [-0.4, -0.2) is 5.11 Å². The lowest BCUT2D eigenvalue weighted by Gasteiger charge is -2.21. The number of hydrogen-bond donors (Lipinski definition) is 1. The van der Waals surface area contributed by atoms with Gasteiger partial charge in [-0.2, -0.15) is 0 Å². The SMILES string of the molecule is Cc1ccc(C#Cc2ccc3c(c2)C(C)(C)c2cc(C#Cc4ccc(O)cc4)ccc2-3)cc1. The molecule has 0 aromatic heterocycles. The summed E-state index contributed by atoms with van der Waals surface area (Å²) in [5.74, 6) is 13.3. The van der Waals surface area contributed by atoms with E-state index < -0.39 is 0 Å². The zero-order valence-corrected chi connectivity index (χ0v) is 19.0. The monoisotopic (exact) mass is 424 g/mol. The summed E-state index contributed by atoms with van der Waals surface area (Å²) in [6, 6.07) is 28.3. The summed E-state index contributed by atoms with van der Waals surface area (Å²) < 4.78 is 0. The van der Waals surface area contributed by atoms with E-state index in [1.165, 1.54) is 27.8 Å². The number of benzene rings is 4. The quantitative estimate of drug-likeness (QED) is 0.308. The fourth-order valence-electron chi connectivity index (χ4n) is 4.36. The largest absolute Gasteiger partial charge is 0.508 e. The third-order valence-electron chi connectivity index (χ3n) is 6.30.